The third-order valence-electron chi connectivity index (χ3n) is 2.67. The Bertz CT molecular complexity index is 733. The highest BCUT2D eigenvalue weighted by Gasteiger charge is 2.30. The summed E-state index contributed by atoms with van der Waals surface area (Å²) in [7, 11) is 1.35. The number of hydrogen-bond donors (Lipinski definition) is 0. The van der Waals surface area contributed by atoms with Gasteiger partial charge in [-0.25, -0.2) is 18.8 Å². The zero-order valence-electron chi connectivity index (χ0n) is 12.6. The molecule has 1 aromatic heterocycles. The maximum absolute atomic E-state index is 12.7. The van der Waals surface area contributed by atoms with Gasteiger partial charge in [-0.05, 0) is 37.1 Å². The number of aromatic nitrogens is 3. The number of nitrogens with zero attached hydrogens (tertiary/aromatic N) is 5. The predicted molar refractivity (Wildman–Crippen MR) is 80.1 cm³/mol. The van der Waals surface area contributed by atoms with Crippen molar-refractivity contribution >= 4 is 23.9 Å². The molecule has 0 saturated carbocycles. The lowest BCUT2D eigenvalue weighted by Crippen LogP contribution is -2.20. The van der Waals surface area contributed by atoms with Gasteiger partial charge in [0.1, 0.15) is 12.7 Å². The van der Waals surface area contributed by atoms with Crippen LogP contribution in [0, 0.1) is 0 Å². The van der Waals surface area contributed by atoms with Crippen LogP contribution in [-0.4, -0.2) is 38.0 Å². The fourth-order valence-corrected chi connectivity index (χ4v) is 2.25. The smallest absolute Gasteiger partial charge is 0.295 e. The van der Waals surface area contributed by atoms with Gasteiger partial charge in [-0.15, -0.1) is 0 Å². The van der Waals surface area contributed by atoms with E-state index in [-0.39, 0.29) is 10.7 Å². The molecule has 24 heavy (non-hydrogen) atoms. The first kappa shape index (κ1) is 17.8. The molecule has 2 rings (SSSR count). The summed E-state index contributed by atoms with van der Waals surface area (Å²) >= 11 is 0.786. The van der Waals surface area contributed by atoms with Crippen molar-refractivity contribution in [3.63, 3.8) is 0 Å². The molecule has 0 aliphatic rings. The second kappa shape index (κ2) is 7.34. The lowest BCUT2D eigenvalue weighted by atomic mass is 10.2. The fourth-order valence-electron chi connectivity index (χ4n) is 1.50. The van der Waals surface area contributed by atoms with Gasteiger partial charge in [0.15, 0.2) is 5.84 Å². The third-order valence-corrected chi connectivity index (χ3v) is 3.55. The quantitative estimate of drug-likeness (QED) is 0.277. The van der Waals surface area contributed by atoms with Gasteiger partial charge in [0, 0.05) is 11.9 Å². The van der Waals surface area contributed by atoms with Gasteiger partial charge in [-0.3, -0.25) is 4.84 Å². The zero-order valence-corrected chi connectivity index (χ0v) is 13.4. The van der Waals surface area contributed by atoms with E-state index in [1.165, 1.54) is 36.5 Å². The van der Waals surface area contributed by atoms with Gasteiger partial charge < -0.3 is 0 Å². The van der Waals surface area contributed by atoms with Gasteiger partial charge in [0.25, 0.3) is 0 Å². The van der Waals surface area contributed by atoms with Gasteiger partial charge in [0.2, 0.25) is 0 Å². The molecule has 0 aliphatic carbocycles. The molecule has 0 radical (unpaired) electrons. The van der Waals surface area contributed by atoms with Crippen molar-refractivity contribution in [3.05, 3.63) is 42.5 Å². The van der Waals surface area contributed by atoms with Crippen LogP contribution in [0.4, 0.5) is 18.0 Å². The number of amides is 1. The minimum absolute atomic E-state index is 0.237. The monoisotopic (exact) mass is 359 g/mol. The molecule has 1 aromatic carbocycles. The number of carbonyl (C=O) groups excluding carboxylic acids is 1. The highest BCUT2D eigenvalue weighted by molar-refractivity contribution is 7.97. The first-order valence-electron chi connectivity index (χ1n) is 6.47. The first-order chi connectivity index (χ1) is 11.3. The van der Waals surface area contributed by atoms with E-state index in [2.05, 4.69) is 15.2 Å². The maximum atomic E-state index is 12.7. The summed E-state index contributed by atoms with van der Waals surface area (Å²) in [4.78, 5) is 20.5. The second-order valence-electron chi connectivity index (χ2n) is 4.45. The van der Waals surface area contributed by atoms with Crippen molar-refractivity contribution < 1.29 is 22.8 Å². The van der Waals surface area contributed by atoms with Crippen LogP contribution in [0.2, 0.25) is 0 Å². The van der Waals surface area contributed by atoms with Crippen molar-refractivity contribution in [1.29, 1.82) is 0 Å². The Kier molecular flexibility index (Phi) is 5.44. The highest BCUT2D eigenvalue weighted by Crippen LogP contribution is 2.32. The fraction of sp³-hybridized carbons (Fsp3) is 0.231. The van der Waals surface area contributed by atoms with E-state index in [1.54, 1.807) is 6.92 Å². The molecule has 0 saturated heterocycles. The summed E-state index contributed by atoms with van der Waals surface area (Å²) in [5.74, 6) is 0.262. The Labute approximate surface area is 139 Å². The number of carbonyl (C=O) groups is 1. The van der Waals surface area contributed by atoms with Gasteiger partial charge in [-0.1, -0.05) is 11.2 Å². The van der Waals surface area contributed by atoms with E-state index in [4.69, 9.17) is 4.84 Å². The molecule has 0 aliphatic heterocycles. The number of rotatable bonds is 3. The number of halogens is 3. The van der Waals surface area contributed by atoms with Crippen LogP contribution < -0.4 is 0 Å². The van der Waals surface area contributed by atoms with Crippen LogP contribution in [0.5, 0.6) is 0 Å². The normalized spacial score (nSPS) is 12.1. The summed E-state index contributed by atoms with van der Waals surface area (Å²) in [6.07, 6.45) is -2.64. The maximum Gasteiger partial charge on any atom is 0.446 e. The number of alkyl halides is 3. The molecule has 1 heterocycles. The Morgan fingerprint density at radius 3 is 2.79 bits per heavy atom. The summed E-state index contributed by atoms with van der Waals surface area (Å²) < 4.78 is 40.3. The van der Waals surface area contributed by atoms with Crippen molar-refractivity contribution in [2.75, 3.05) is 7.05 Å². The average Bonchev–Trinajstić information content (AvgIpc) is 3.06. The van der Waals surface area contributed by atoms with E-state index in [9.17, 15) is 18.0 Å². The molecule has 2 aromatic rings. The lowest BCUT2D eigenvalue weighted by Gasteiger charge is -2.14. The molecule has 0 bridgehead atoms. The Morgan fingerprint density at radius 1 is 1.42 bits per heavy atom. The molecule has 0 N–H and O–H groups in total. The number of oxime groups is 1. The van der Waals surface area contributed by atoms with E-state index >= 15 is 0 Å². The second-order valence-corrected chi connectivity index (χ2v) is 5.65. The highest BCUT2D eigenvalue weighted by atomic mass is 32.2. The average molecular weight is 359 g/mol. The molecule has 7 nitrogen and oxygen atoms in total. The number of benzene rings is 1. The molecule has 11 heteroatoms. The van der Waals surface area contributed by atoms with Crippen LogP contribution in [0.1, 0.15) is 12.5 Å². The summed E-state index contributed by atoms with van der Waals surface area (Å²) in [5.41, 5.74) is -0.797. The molecule has 0 spiro atoms. The van der Waals surface area contributed by atoms with Crippen molar-refractivity contribution in [1.82, 2.24) is 19.1 Å². The topological polar surface area (TPSA) is 72.6 Å². The minimum Gasteiger partial charge on any atom is -0.295 e. The Hall–Kier alpha value is -2.56. The van der Waals surface area contributed by atoms with Crippen LogP contribution in [0.3, 0.4) is 0 Å². The van der Waals surface area contributed by atoms with Gasteiger partial charge in [0.05, 0.1) is 5.56 Å². The van der Waals surface area contributed by atoms with Crippen LogP contribution >= 0.6 is 11.9 Å². The minimum atomic E-state index is -4.45. The van der Waals surface area contributed by atoms with E-state index < -0.39 is 17.8 Å². The molecular formula is C13H12F3N5O2S. The van der Waals surface area contributed by atoms with Crippen molar-refractivity contribution in [2.45, 2.75) is 18.0 Å². The van der Waals surface area contributed by atoms with Crippen LogP contribution in [-0.2, 0) is 11.0 Å². The Balaban J connectivity index is 1.98. The zero-order chi connectivity index (χ0) is 17.7. The van der Waals surface area contributed by atoms with Crippen molar-refractivity contribution in [2.24, 2.45) is 5.16 Å². The summed E-state index contributed by atoms with van der Waals surface area (Å²) in [6, 6.07) is 4.61. The van der Waals surface area contributed by atoms with E-state index in [1.807, 2.05) is 0 Å². The molecule has 0 fully saturated rings. The summed E-state index contributed by atoms with van der Waals surface area (Å²) in [6.45, 7) is 1.54. The molecular weight excluding hydrogens is 347 g/mol. The van der Waals surface area contributed by atoms with E-state index in [0.29, 0.717) is 0 Å². The van der Waals surface area contributed by atoms with E-state index in [0.717, 1.165) is 28.4 Å². The summed E-state index contributed by atoms with van der Waals surface area (Å²) in [5, 5.41) is 7.38. The predicted octanol–water partition coefficient (Wildman–Crippen LogP) is 3.25. The lowest BCUT2D eigenvalue weighted by molar-refractivity contribution is -0.137. The SMILES string of the molecule is CC(=NOC(=O)N(C)Sc1cccc(C(F)(F)F)c1)n1cncn1. The molecule has 128 valence electrons. The van der Waals surface area contributed by atoms with Crippen molar-refractivity contribution in [3.8, 4) is 0 Å². The largest absolute Gasteiger partial charge is 0.446 e. The van der Waals surface area contributed by atoms with Crippen LogP contribution in [0.15, 0.2) is 47.0 Å². The Morgan fingerprint density at radius 2 is 2.17 bits per heavy atom. The molecule has 0 unspecified atom stereocenters. The third kappa shape index (κ3) is 4.72. The van der Waals surface area contributed by atoms with Crippen LogP contribution in [0.25, 0.3) is 0 Å². The number of hydrogen-bond acceptors (Lipinski definition) is 6. The first-order valence-corrected chi connectivity index (χ1v) is 7.24. The molecule has 0 atom stereocenters. The standard InChI is InChI=1S/C13H12F3N5O2S/c1-9(21-8-17-7-18-21)19-23-12(22)20(2)24-11-5-3-4-10(6-11)13(14,15)16/h3-8H,1-2H3. The van der Waals surface area contributed by atoms with Gasteiger partial charge >= 0.3 is 12.3 Å². The molecule has 1 amide bonds. The van der Waals surface area contributed by atoms with Gasteiger partial charge in [-0.2, -0.15) is 18.3 Å².